The zero-order valence-electron chi connectivity index (χ0n) is 33.2. The predicted octanol–water partition coefficient (Wildman–Crippen LogP) is 12.7. The van der Waals surface area contributed by atoms with E-state index in [9.17, 15) is 0 Å². The van der Waals surface area contributed by atoms with E-state index in [1.54, 1.807) is 0 Å². The van der Waals surface area contributed by atoms with Crippen LogP contribution >= 0.6 is 0 Å². The molecule has 1 aliphatic carbocycles. The molecule has 0 atom stereocenters. The molecular formula is C53H47BN2. The van der Waals surface area contributed by atoms with Gasteiger partial charge in [0.2, 0.25) is 0 Å². The van der Waals surface area contributed by atoms with E-state index >= 15 is 0 Å². The summed E-state index contributed by atoms with van der Waals surface area (Å²) < 4.78 is 0. The molecule has 56 heavy (non-hydrogen) atoms. The van der Waals surface area contributed by atoms with Gasteiger partial charge in [0.05, 0.1) is 5.69 Å². The lowest BCUT2D eigenvalue weighted by Gasteiger charge is -2.51. The van der Waals surface area contributed by atoms with Crippen molar-refractivity contribution in [3.8, 4) is 33.4 Å². The minimum atomic E-state index is -0.177. The third kappa shape index (κ3) is 4.52. The largest absolute Gasteiger partial charge is 0.376 e. The summed E-state index contributed by atoms with van der Waals surface area (Å²) in [5, 5.41) is 0. The minimum absolute atomic E-state index is 0.0264. The maximum Gasteiger partial charge on any atom is 0.333 e. The van der Waals surface area contributed by atoms with Gasteiger partial charge < -0.3 is 9.71 Å². The van der Waals surface area contributed by atoms with Crippen LogP contribution in [0.3, 0.4) is 0 Å². The second-order valence-electron chi connectivity index (χ2n) is 17.5. The summed E-state index contributed by atoms with van der Waals surface area (Å²) in [7, 11) is 0. The molecule has 3 heteroatoms. The van der Waals surface area contributed by atoms with Crippen LogP contribution in [0.5, 0.6) is 0 Å². The molecule has 11 rings (SSSR count). The lowest BCUT2D eigenvalue weighted by Crippen LogP contribution is -2.62. The first-order chi connectivity index (χ1) is 27.3. The molecule has 3 aliphatic heterocycles. The molecule has 272 valence electrons. The average Bonchev–Trinajstić information content (AvgIpc) is 3.46. The van der Waals surface area contributed by atoms with Crippen LogP contribution in [-0.2, 0) is 17.3 Å². The molecule has 0 N–H and O–H groups in total. The minimum Gasteiger partial charge on any atom is -0.376 e. The van der Waals surface area contributed by atoms with Crippen molar-refractivity contribution in [2.75, 3.05) is 9.71 Å². The van der Waals surface area contributed by atoms with Crippen molar-refractivity contribution in [3.05, 3.63) is 173 Å². The van der Waals surface area contributed by atoms with Gasteiger partial charge in [0.25, 0.3) is 0 Å². The Morgan fingerprint density at radius 3 is 2.05 bits per heavy atom. The average molecular weight is 723 g/mol. The monoisotopic (exact) mass is 722 g/mol. The topological polar surface area (TPSA) is 6.48 Å². The van der Waals surface area contributed by atoms with Crippen LogP contribution in [0.4, 0.5) is 28.4 Å². The molecule has 0 radical (unpaired) electrons. The Bertz CT molecular complexity index is 2740. The van der Waals surface area contributed by atoms with Gasteiger partial charge in [-0.3, -0.25) is 0 Å². The van der Waals surface area contributed by atoms with Gasteiger partial charge in [-0.25, -0.2) is 0 Å². The highest BCUT2D eigenvalue weighted by molar-refractivity contribution is 6.93. The molecule has 0 fully saturated rings. The maximum absolute atomic E-state index is 2.76. The van der Waals surface area contributed by atoms with Gasteiger partial charge in [-0.05, 0) is 104 Å². The third-order valence-corrected chi connectivity index (χ3v) is 13.6. The number of anilines is 5. The van der Waals surface area contributed by atoms with Crippen molar-refractivity contribution < 1.29 is 0 Å². The van der Waals surface area contributed by atoms with Gasteiger partial charge in [0.15, 0.2) is 0 Å². The van der Waals surface area contributed by atoms with E-state index in [1.165, 1.54) is 120 Å². The first-order valence-electron chi connectivity index (χ1n) is 20.7. The van der Waals surface area contributed by atoms with Gasteiger partial charge in [-0.15, -0.1) is 0 Å². The summed E-state index contributed by atoms with van der Waals surface area (Å²) in [5.41, 5.74) is 23.9. The van der Waals surface area contributed by atoms with E-state index in [2.05, 4.69) is 190 Å². The maximum atomic E-state index is 2.76. The Labute approximate surface area is 332 Å². The molecule has 2 nitrogen and oxygen atoms in total. The van der Waals surface area contributed by atoms with Crippen LogP contribution in [0.15, 0.2) is 146 Å². The number of benzene rings is 7. The number of para-hydroxylation sites is 2. The summed E-state index contributed by atoms with van der Waals surface area (Å²) >= 11 is 0. The molecule has 7 aromatic carbocycles. The standard InChI is InChI=1S/C53H47BN2/c1-6-7-9-18-34-31-40-38-30-29-36(35-19-10-8-11-20-35)33-47(38)56(46-28-16-22-39-37-21-12-13-23-41(37)53(4,5)49(39)46)54-44-26-17-25-43-51(44)55(48(32-34)50(40)54)45-27-15-14-24-42(45)52(43,2)3/h8,10-17,19-33H,6-7,9,18H2,1-5H3. The number of fused-ring (bicyclic) bond motifs is 9. The van der Waals surface area contributed by atoms with E-state index in [0.29, 0.717) is 0 Å². The van der Waals surface area contributed by atoms with Crippen molar-refractivity contribution in [3.63, 3.8) is 0 Å². The molecule has 0 unspecified atom stereocenters. The van der Waals surface area contributed by atoms with Gasteiger partial charge in [0, 0.05) is 39.1 Å². The zero-order chi connectivity index (χ0) is 37.9. The van der Waals surface area contributed by atoms with E-state index in [0.717, 1.165) is 6.42 Å². The second kappa shape index (κ2) is 12.1. The lowest BCUT2D eigenvalue weighted by atomic mass is 9.42. The van der Waals surface area contributed by atoms with Crippen molar-refractivity contribution in [2.45, 2.75) is 71.1 Å². The van der Waals surface area contributed by atoms with Gasteiger partial charge in [-0.2, -0.15) is 0 Å². The summed E-state index contributed by atoms with van der Waals surface area (Å²) in [4.78, 5) is 5.41. The lowest BCUT2D eigenvalue weighted by molar-refractivity contribution is 0.632. The highest BCUT2D eigenvalue weighted by Crippen LogP contribution is 2.58. The molecule has 0 saturated carbocycles. The normalized spacial score (nSPS) is 15.7. The van der Waals surface area contributed by atoms with Crippen molar-refractivity contribution in [2.24, 2.45) is 0 Å². The second-order valence-corrected chi connectivity index (χ2v) is 17.5. The highest BCUT2D eigenvalue weighted by Gasteiger charge is 2.51. The molecule has 0 bridgehead atoms. The Kier molecular flexibility index (Phi) is 7.25. The van der Waals surface area contributed by atoms with Gasteiger partial charge >= 0.3 is 6.85 Å². The van der Waals surface area contributed by atoms with Crippen LogP contribution in [-0.4, -0.2) is 6.85 Å². The first-order valence-corrected chi connectivity index (χ1v) is 20.7. The van der Waals surface area contributed by atoms with Gasteiger partial charge in [-0.1, -0.05) is 169 Å². The van der Waals surface area contributed by atoms with E-state index in [1.807, 2.05) is 0 Å². The van der Waals surface area contributed by atoms with E-state index in [4.69, 9.17) is 0 Å². The third-order valence-electron chi connectivity index (χ3n) is 13.6. The molecule has 4 aliphatic rings. The van der Waals surface area contributed by atoms with Crippen LogP contribution in [0.1, 0.15) is 81.7 Å². The fourth-order valence-corrected chi connectivity index (χ4v) is 11.0. The molecule has 0 amide bonds. The quantitative estimate of drug-likeness (QED) is 0.125. The fourth-order valence-electron chi connectivity index (χ4n) is 11.0. The fraction of sp³-hybridized carbons (Fsp3) is 0.208. The summed E-state index contributed by atoms with van der Waals surface area (Å²) in [6.07, 6.45) is 4.73. The van der Waals surface area contributed by atoms with E-state index in [-0.39, 0.29) is 17.7 Å². The van der Waals surface area contributed by atoms with Crippen molar-refractivity contribution in [1.29, 1.82) is 0 Å². The Morgan fingerprint density at radius 2 is 1.21 bits per heavy atom. The van der Waals surface area contributed by atoms with Crippen LogP contribution in [0.2, 0.25) is 0 Å². The molecule has 0 aromatic heterocycles. The summed E-state index contributed by atoms with van der Waals surface area (Å²) in [6.45, 7) is 12.0. The number of rotatable bonds is 6. The number of aryl methyl sites for hydroxylation is 1. The summed E-state index contributed by atoms with van der Waals surface area (Å²) in [5.74, 6) is 0. The zero-order valence-corrected chi connectivity index (χ0v) is 33.2. The van der Waals surface area contributed by atoms with Crippen LogP contribution in [0, 0.1) is 0 Å². The van der Waals surface area contributed by atoms with Crippen molar-refractivity contribution in [1.82, 2.24) is 0 Å². The molecule has 7 aromatic rings. The number of nitrogens with zero attached hydrogens (tertiary/aromatic N) is 2. The van der Waals surface area contributed by atoms with Crippen LogP contribution < -0.4 is 20.6 Å². The van der Waals surface area contributed by atoms with Gasteiger partial charge in [0.1, 0.15) is 0 Å². The molecule has 0 spiro atoms. The summed E-state index contributed by atoms with van der Waals surface area (Å²) in [6, 6.07) is 55.8. The number of hydrogen-bond donors (Lipinski definition) is 0. The van der Waals surface area contributed by atoms with E-state index < -0.39 is 0 Å². The number of unbranched alkanes of at least 4 members (excludes halogenated alkanes) is 2. The Morgan fingerprint density at radius 1 is 0.500 bits per heavy atom. The predicted molar refractivity (Wildman–Crippen MR) is 239 cm³/mol. The highest BCUT2D eigenvalue weighted by atomic mass is 15.2. The molecule has 3 heterocycles. The first kappa shape index (κ1) is 33.5. The SMILES string of the molecule is CCCCCc1cc2c3c(c1)N1c4ccccc4C(C)(C)c4cccc(c41)B3N(c1cccc3c1C(C)(C)c1ccccc1-3)c1cc(-c3ccccc3)ccc1-2. The molecular weight excluding hydrogens is 675 g/mol. The number of hydrogen-bond acceptors (Lipinski definition) is 2. The molecule has 0 saturated heterocycles. The van der Waals surface area contributed by atoms with Crippen LogP contribution in [0.25, 0.3) is 33.4 Å². The van der Waals surface area contributed by atoms with Crippen molar-refractivity contribution >= 4 is 46.2 Å². The Hall–Kier alpha value is -5.80. The smallest absolute Gasteiger partial charge is 0.333 e. The Balaban J connectivity index is 1.27.